The van der Waals surface area contributed by atoms with Crippen molar-refractivity contribution in [2.45, 2.75) is 12.2 Å². The third kappa shape index (κ3) is 3.53. The molecular weight excluding hydrogens is 289 g/mol. The molecule has 3 radical (unpaired) electrons. The smallest absolute Gasteiger partial charge is 0.240 e. The molecule has 1 aliphatic heterocycles. The van der Waals surface area contributed by atoms with Gasteiger partial charge < -0.3 is 9.96 Å². The molecule has 0 saturated carbocycles. The second-order valence-corrected chi connectivity index (χ2v) is 3.35. The third-order valence-electron chi connectivity index (χ3n) is 1.66. The summed E-state index contributed by atoms with van der Waals surface area (Å²) in [7, 11) is 3.31. The molecule has 0 aromatic carbocycles. The second-order valence-electron chi connectivity index (χ2n) is 2.64. The van der Waals surface area contributed by atoms with Crippen LogP contribution in [0.5, 0.6) is 0 Å². The van der Waals surface area contributed by atoms with Gasteiger partial charge in [-0.15, -0.1) is 6.58 Å². The molecule has 0 aliphatic carbocycles. The predicted octanol–water partition coefficient (Wildman–Crippen LogP) is -0.180. The molecule has 69 valence electrons. The highest BCUT2D eigenvalue weighted by molar-refractivity contribution is 14.1. The molecule has 0 aromatic rings. The van der Waals surface area contributed by atoms with E-state index in [9.17, 15) is 4.79 Å². The highest BCUT2D eigenvalue weighted by Crippen LogP contribution is 2.11. The van der Waals surface area contributed by atoms with Gasteiger partial charge in [0, 0.05) is 0 Å². The molecule has 0 saturated heterocycles. The van der Waals surface area contributed by atoms with Crippen molar-refractivity contribution in [3.05, 3.63) is 24.8 Å². The van der Waals surface area contributed by atoms with E-state index in [-0.39, 0.29) is 12.0 Å². The molecule has 1 amide bonds. The summed E-state index contributed by atoms with van der Waals surface area (Å²) < 4.78 is 5.32. The molecule has 7 heteroatoms. The molecule has 0 fully saturated rings. The van der Waals surface area contributed by atoms with Crippen LogP contribution in [0.25, 0.3) is 0 Å². The molecule has 1 heterocycles. The fraction of sp³-hybridized carbons (Fsp3) is 0.286. The summed E-state index contributed by atoms with van der Waals surface area (Å²) in [5.74, 6) is -0.167. The zero-order chi connectivity index (χ0) is 10.4. The number of amides is 1. The lowest BCUT2D eigenvalue weighted by atomic mass is 9.33. The molecule has 14 heavy (non-hydrogen) atoms. The molecule has 1 rings (SSSR count). The molecule has 0 aromatic heterocycles. The van der Waals surface area contributed by atoms with E-state index in [4.69, 9.17) is 4.74 Å². The Morgan fingerprint density at radius 3 is 3.00 bits per heavy atom. The zero-order valence-corrected chi connectivity index (χ0v) is 9.68. The van der Waals surface area contributed by atoms with E-state index < -0.39 is 6.10 Å². The van der Waals surface area contributed by atoms with Gasteiger partial charge in [-0.05, 0) is 6.08 Å². The number of ether oxygens (including phenoxy) is 1. The van der Waals surface area contributed by atoms with Crippen molar-refractivity contribution < 1.29 is 9.53 Å². The molecule has 1 aliphatic rings. The Labute approximate surface area is 99.3 Å². The van der Waals surface area contributed by atoms with Gasteiger partial charge in [-0.1, -0.05) is 12.2 Å². The van der Waals surface area contributed by atoms with Crippen LogP contribution in [0.3, 0.4) is 0 Å². The maximum atomic E-state index is 11.4. The summed E-state index contributed by atoms with van der Waals surface area (Å²) >= 11 is 2.07. The van der Waals surface area contributed by atoms with Crippen LogP contribution in [-0.4, -0.2) is 37.5 Å². The number of halogens is 1. The van der Waals surface area contributed by atoms with Gasteiger partial charge in [-0.3, -0.25) is 4.79 Å². The third-order valence-corrected chi connectivity index (χ3v) is 2.08. The normalized spacial score (nSPS) is 24.1. The van der Waals surface area contributed by atoms with Gasteiger partial charge in [0.2, 0.25) is 5.91 Å². The lowest BCUT2D eigenvalue weighted by Crippen LogP contribution is -2.39. The van der Waals surface area contributed by atoms with E-state index in [2.05, 4.69) is 34.2 Å². The average Bonchev–Trinajstić information content (AvgIpc) is 2.66. The number of hydrogen-bond donors (Lipinski definition) is 1. The first-order valence-electron chi connectivity index (χ1n) is 4.13. The first-order valence-corrected chi connectivity index (χ1v) is 5.37. The van der Waals surface area contributed by atoms with Crippen molar-refractivity contribution in [2.75, 3.05) is 0 Å². The van der Waals surface area contributed by atoms with E-state index in [1.807, 2.05) is 6.08 Å². The summed E-state index contributed by atoms with van der Waals surface area (Å²) in [6.07, 6.45) is 4.54. The number of rotatable bonds is 5. The minimum atomic E-state index is -0.503. The van der Waals surface area contributed by atoms with Gasteiger partial charge in [0.1, 0.15) is 5.03 Å². The molecular formula is C7H8B3INO2. The summed E-state index contributed by atoms with van der Waals surface area (Å²) in [6.45, 7) is 3.58. The molecule has 1 N–H and O–H groups in total. The Kier molecular flexibility index (Phi) is 5.39. The van der Waals surface area contributed by atoms with Gasteiger partial charge in [0.15, 0.2) is 13.4 Å². The highest BCUT2D eigenvalue weighted by atomic mass is 127. The van der Waals surface area contributed by atoms with E-state index in [0.29, 0.717) is 0 Å². The number of carbonyl (C=O) groups excluding carboxylic acids is 1. The first kappa shape index (κ1) is 11.9. The maximum absolute atomic E-state index is 11.4. The van der Waals surface area contributed by atoms with Crippen molar-refractivity contribution >= 4 is 47.7 Å². The van der Waals surface area contributed by atoms with E-state index >= 15 is 0 Å². The van der Waals surface area contributed by atoms with Crippen LogP contribution in [0.4, 0.5) is 0 Å². The van der Waals surface area contributed by atoms with Gasteiger partial charge in [-0.2, -0.15) is 22.4 Å². The van der Waals surface area contributed by atoms with Crippen molar-refractivity contribution in [3.63, 3.8) is 0 Å². The lowest BCUT2D eigenvalue weighted by Gasteiger charge is -2.11. The molecule has 2 atom stereocenters. The Bertz CT molecular complexity index is 249. The Hall–Kier alpha value is -0.165. The van der Waals surface area contributed by atoms with Crippen LogP contribution in [-0.2, 0) is 9.53 Å². The quantitative estimate of drug-likeness (QED) is 0.331. The van der Waals surface area contributed by atoms with E-state index in [0.717, 1.165) is 0 Å². The standard InChI is InChI=1S/C7H8B3INO2/c1-2-5-3-4-6(14-5)7(13)12-10-8-9-11/h2-6H,1H2,(H,12,13). The van der Waals surface area contributed by atoms with Crippen molar-refractivity contribution in [3.8, 4) is 0 Å². The van der Waals surface area contributed by atoms with Gasteiger partial charge in [0.05, 0.1) is 13.2 Å². The van der Waals surface area contributed by atoms with Crippen LogP contribution in [0.2, 0.25) is 0 Å². The second kappa shape index (κ2) is 6.34. The predicted molar refractivity (Wildman–Crippen MR) is 67.4 cm³/mol. The molecule has 2 unspecified atom stereocenters. The largest absolute Gasteiger partial charge is 0.410 e. The fourth-order valence-electron chi connectivity index (χ4n) is 1.00. The highest BCUT2D eigenvalue weighted by Gasteiger charge is 2.22. The summed E-state index contributed by atoms with van der Waals surface area (Å²) in [6, 6.07) is 0. The summed E-state index contributed by atoms with van der Waals surface area (Å²) in [5.41, 5.74) is 0. The summed E-state index contributed by atoms with van der Waals surface area (Å²) in [5, 5.41) is 4.41. The molecule has 0 bridgehead atoms. The SMILES string of the molecule is C=CC1C=CC(C(=O)N[B][B][B]I)O1. The van der Waals surface area contributed by atoms with Crippen molar-refractivity contribution in [2.24, 2.45) is 0 Å². The van der Waals surface area contributed by atoms with Crippen LogP contribution in [0.15, 0.2) is 24.8 Å². The van der Waals surface area contributed by atoms with Crippen LogP contribution in [0.1, 0.15) is 0 Å². The average molecular weight is 297 g/mol. The fourth-order valence-corrected chi connectivity index (χ4v) is 1.21. The summed E-state index contributed by atoms with van der Waals surface area (Å²) in [4.78, 5) is 11.4. The number of carbonyl (C=O) groups is 1. The van der Waals surface area contributed by atoms with Crippen molar-refractivity contribution in [1.29, 1.82) is 0 Å². The van der Waals surface area contributed by atoms with Crippen LogP contribution in [0, 0.1) is 0 Å². The first-order chi connectivity index (χ1) is 6.77. The minimum Gasteiger partial charge on any atom is -0.410 e. The number of nitrogens with one attached hydrogen (secondary N) is 1. The Balaban J connectivity index is 2.26. The van der Waals surface area contributed by atoms with Crippen LogP contribution >= 0.6 is 22.4 Å². The van der Waals surface area contributed by atoms with Crippen molar-refractivity contribution in [1.82, 2.24) is 5.23 Å². The van der Waals surface area contributed by atoms with Gasteiger partial charge in [0.25, 0.3) is 0 Å². The Morgan fingerprint density at radius 2 is 2.43 bits per heavy atom. The molecule has 0 spiro atoms. The lowest BCUT2D eigenvalue weighted by molar-refractivity contribution is -0.127. The maximum Gasteiger partial charge on any atom is 0.240 e. The Morgan fingerprint density at radius 1 is 1.64 bits per heavy atom. The van der Waals surface area contributed by atoms with E-state index in [1.54, 1.807) is 31.5 Å². The van der Waals surface area contributed by atoms with E-state index in [1.165, 1.54) is 0 Å². The van der Waals surface area contributed by atoms with Crippen LogP contribution < -0.4 is 5.23 Å². The monoisotopic (exact) mass is 298 g/mol. The number of hydrogen-bond acceptors (Lipinski definition) is 2. The topological polar surface area (TPSA) is 38.3 Å². The zero-order valence-electron chi connectivity index (χ0n) is 7.52. The van der Waals surface area contributed by atoms with Gasteiger partial charge >= 0.3 is 0 Å². The molecule has 3 nitrogen and oxygen atoms in total. The van der Waals surface area contributed by atoms with Gasteiger partial charge in [-0.25, -0.2) is 0 Å². The minimum absolute atomic E-state index is 0.147.